The summed E-state index contributed by atoms with van der Waals surface area (Å²) in [6.07, 6.45) is 3.64. The predicted octanol–water partition coefficient (Wildman–Crippen LogP) is -0.137. The van der Waals surface area contributed by atoms with Crippen LogP contribution in [0.1, 0.15) is 0 Å². The van der Waals surface area contributed by atoms with Crippen molar-refractivity contribution in [3.8, 4) is 0 Å². The molecule has 1 aromatic heterocycles. The lowest BCUT2D eigenvalue weighted by Gasteiger charge is -2.14. The molecule has 1 atom stereocenters. The van der Waals surface area contributed by atoms with Crippen molar-refractivity contribution in [2.45, 2.75) is 6.17 Å². The molecule has 0 saturated carbocycles. The van der Waals surface area contributed by atoms with Crippen LogP contribution in [0.25, 0.3) is 0 Å². The molecule has 0 fully saturated rings. The molecular weight excluding hydrogens is 156 g/mol. The molecule has 1 aromatic rings. The van der Waals surface area contributed by atoms with E-state index in [-0.39, 0.29) is 6.17 Å². The molecule has 2 heterocycles. The minimum Gasteiger partial charge on any atom is -0.355 e. The van der Waals surface area contributed by atoms with Crippen LogP contribution < -0.4 is 10.2 Å². The van der Waals surface area contributed by atoms with Crippen LogP contribution in [0, 0.1) is 0 Å². The van der Waals surface area contributed by atoms with Crippen molar-refractivity contribution in [3.05, 3.63) is 12.5 Å². The van der Waals surface area contributed by atoms with E-state index in [0.29, 0.717) is 0 Å². The molecule has 5 nitrogen and oxygen atoms in total. The second kappa shape index (κ2) is 2.44. The summed E-state index contributed by atoms with van der Waals surface area (Å²) in [7, 11) is 1.81. The van der Waals surface area contributed by atoms with Crippen LogP contribution in [0.5, 0.6) is 0 Å². The number of aromatic nitrogens is 2. The van der Waals surface area contributed by atoms with Gasteiger partial charge in [0.15, 0.2) is 18.3 Å². The van der Waals surface area contributed by atoms with Crippen LogP contribution in [0.15, 0.2) is 12.5 Å². The molecule has 0 amide bonds. The van der Waals surface area contributed by atoms with E-state index in [1.807, 2.05) is 7.05 Å². The van der Waals surface area contributed by atoms with Crippen molar-refractivity contribution < 1.29 is 4.79 Å². The average Bonchev–Trinajstić information content (AvgIpc) is 2.44. The Morgan fingerprint density at radius 2 is 2.58 bits per heavy atom. The maximum absolute atomic E-state index is 10.5. The number of carbonyl (C=O) groups is 1. The van der Waals surface area contributed by atoms with E-state index in [9.17, 15) is 4.79 Å². The molecule has 0 aromatic carbocycles. The fraction of sp³-hybridized carbons (Fsp3) is 0.286. The Balaban J connectivity index is 2.41. The fourth-order valence-corrected chi connectivity index (χ4v) is 1.22. The van der Waals surface area contributed by atoms with Gasteiger partial charge < -0.3 is 10.2 Å². The molecular formula is C7H8N4O. The van der Waals surface area contributed by atoms with E-state index < -0.39 is 0 Å². The zero-order valence-electron chi connectivity index (χ0n) is 6.56. The van der Waals surface area contributed by atoms with Crippen molar-refractivity contribution in [2.75, 3.05) is 17.3 Å². The highest BCUT2D eigenvalue weighted by Gasteiger charge is 2.25. The Kier molecular flexibility index (Phi) is 1.43. The van der Waals surface area contributed by atoms with Gasteiger partial charge >= 0.3 is 0 Å². The first kappa shape index (κ1) is 7.02. The number of anilines is 2. The lowest BCUT2D eigenvalue weighted by molar-refractivity contribution is -0.108. The topological polar surface area (TPSA) is 58.1 Å². The first-order chi connectivity index (χ1) is 5.83. The largest absolute Gasteiger partial charge is 0.355 e. The quantitative estimate of drug-likeness (QED) is 0.585. The summed E-state index contributed by atoms with van der Waals surface area (Å²) in [5.74, 6) is 0.766. The number of hydrogen-bond acceptors (Lipinski definition) is 5. The number of nitrogens with zero attached hydrogens (tertiary/aromatic N) is 3. The van der Waals surface area contributed by atoms with Crippen molar-refractivity contribution in [1.29, 1.82) is 0 Å². The number of likely N-dealkylation sites (N-methyl/N-ethyl adjacent to an activating group) is 1. The summed E-state index contributed by atoms with van der Waals surface area (Å²) >= 11 is 0. The summed E-state index contributed by atoms with van der Waals surface area (Å²) in [6, 6.07) is 0. The molecule has 0 spiro atoms. The van der Waals surface area contributed by atoms with E-state index in [4.69, 9.17) is 0 Å². The first-order valence-electron chi connectivity index (χ1n) is 3.57. The van der Waals surface area contributed by atoms with E-state index in [1.54, 1.807) is 11.1 Å². The average molecular weight is 164 g/mol. The Morgan fingerprint density at radius 3 is 3.25 bits per heavy atom. The standard InChI is InChI=1S/C7H8N4O/c1-11-6(3-12)10-5-2-8-4-9-7(5)11/h2-4,6,10H,1H3. The maximum Gasteiger partial charge on any atom is 0.162 e. The summed E-state index contributed by atoms with van der Waals surface area (Å²) in [6.45, 7) is 0. The van der Waals surface area contributed by atoms with Gasteiger partial charge in [-0.3, -0.25) is 4.79 Å². The fourth-order valence-electron chi connectivity index (χ4n) is 1.22. The highest BCUT2D eigenvalue weighted by molar-refractivity contribution is 5.80. The second-order valence-corrected chi connectivity index (χ2v) is 2.60. The van der Waals surface area contributed by atoms with Crippen LogP contribution in [0.4, 0.5) is 11.5 Å². The molecule has 1 N–H and O–H groups in total. The summed E-state index contributed by atoms with van der Waals surface area (Å²) in [5, 5.41) is 2.97. The van der Waals surface area contributed by atoms with E-state index >= 15 is 0 Å². The second-order valence-electron chi connectivity index (χ2n) is 2.60. The minimum atomic E-state index is -0.309. The molecule has 0 saturated heterocycles. The molecule has 0 radical (unpaired) electrons. The van der Waals surface area contributed by atoms with Crippen LogP contribution in [0.3, 0.4) is 0 Å². The van der Waals surface area contributed by atoms with E-state index in [0.717, 1.165) is 17.8 Å². The molecule has 2 rings (SSSR count). The third-order valence-electron chi connectivity index (χ3n) is 1.87. The molecule has 12 heavy (non-hydrogen) atoms. The maximum atomic E-state index is 10.5. The number of fused-ring (bicyclic) bond motifs is 1. The molecule has 5 heteroatoms. The van der Waals surface area contributed by atoms with Crippen molar-refractivity contribution >= 4 is 17.8 Å². The Labute approximate surface area is 69.4 Å². The summed E-state index contributed by atoms with van der Waals surface area (Å²) in [4.78, 5) is 20.2. The van der Waals surface area contributed by atoms with Crippen molar-refractivity contribution in [1.82, 2.24) is 9.97 Å². The highest BCUT2D eigenvalue weighted by Crippen LogP contribution is 2.28. The lowest BCUT2D eigenvalue weighted by atomic mass is 10.5. The van der Waals surface area contributed by atoms with Crippen molar-refractivity contribution in [2.24, 2.45) is 0 Å². The predicted molar refractivity (Wildman–Crippen MR) is 43.9 cm³/mol. The van der Waals surface area contributed by atoms with Crippen LogP contribution >= 0.6 is 0 Å². The molecule has 0 aliphatic carbocycles. The van der Waals surface area contributed by atoms with Gasteiger partial charge in [-0.05, 0) is 0 Å². The smallest absolute Gasteiger partial charge is 0.162 e. The Morgan fingerprint density at radius 1 is 1.75 bits per heavy atom. The van der Waals surface area contributed by atoms with E-state index in [2.05, 4.69) is 15.3 Å². The van der Waals surface area contributed by atoms with Gasteiger partial charge in [0.2, 0.25) is 0 Å². The number of rotatable bonds is 1. The molecule has 1 aliphatic heterocycles. The van der Waals surface area contributed by atoms with Crippen molar-refractivity contribution in [3.63, 3.8) is 0 Å². The van der Waals surface area contributed by atoms with Crippen LogP contribution in [0.2, 0.25) is 0 Å². The van der Waals surface area contributed by atoms with E-state index in [1.165, 1.54) is 6.33 Å². The summed E-state index contributed by atoms with van der Waals surface area (Å²) in [5.41, 5.74) is 0.803. The molecule has 62 valence electrons. The third kappa shape index (κ3) is 0.827. The molecule has 0 bridgehead atoms. The zero-order valence-corrected chi connectivity index (χ0v) is 6.56. The van der Waals surface area contributed by atoms with Gasteiger partial charge in [0, 0.05) is 7.05 Å². The van der Waals surface area contributed by atoms with Gasteiger partial charge in [0.25, 0.3) is 0 Å². The first-order valence-corrected chi connectivity index (χ1v) is 3.57. The Hall–Kier alpha value is -1.65. The Bertz CT molecular complexity index is 314. The normalized spacial score (nSPS) is 20.1. The van der Waals surface area contributed by atoms with Gasteiger partial charge in [0.1, 0.15) is 6.33 Å². The van der Waals surface area contributed by atoms with Gasteiger partial charge in [-0.2, -0.15) is 0 Å². The molecule has 1 unspecified atom stereocenters. The summed E-state index contributed by atoms with van der Waals surface area (Å²) < 4.78 is 0. The number of carbonyl (C=O) groups excluding carboxylic acids is 1. The van der Waals surface area contributed by atoms with Gasteiger partial charge in [-0.15, -0.1) is 0 Å². The number of aldehydes is 1. The minimum absolute atomic E-state index is 0.309. The third-order valence-corrected chi connectivity index (χ3v) is 1.87. The number of nitrogens with one attached hydrogen (secondary N) is 1. The lowest BCUT2D eigenvalue weighted by Crippen LogP contribution is -2.33. The molecule has 1 aliphatic rings. The van der Waals surface area contributed by atoms with Crippen LogP contribution in [-0.2, 0) is 4.79 Å². The monoisotopic (exact) mass is 164 g/mol. The zero-order chi connectivity index (χ0) is 8.55. The highest BCUT2D eigenvalue weighted by atomic mass is 16.1. The SMILES string of the molecule is CN1c2ncncc2NC1C=O. The van der Waals surface area contributed by atoms with Gasteiger partial charge in [0.05, 0.1) is 11.9 Å². The van der Waals surface area contributed by atoms with Gasteiger partial charge in [-0.1, -0.05) is 0 Å². The van der Waals surface area contributed by atoms with Gasteiger partial charge in [-0.25, -0.2) is 9.97 Å². The van der Waals surface area contributed by atoms with Crippen LogP contribution in [-0.4, -0.2) is 29.5 Å². The number of hydrogen-bond donors (Lipinski definition) is 1.